The molecule has 2 unspecified atom stereocenters. The molecule has 0 rings (SSSR count). The zero-order chi connectivity index (χ0) is 10.8. The number of unbranched alkanes of at least 4 members (excludes halogenated alkanes) is 2. The third kappa shape index (κ3) is 8.70. The highest BCUT2D eigenvalue weighted by molar-refractivity contribution is 7.84. The normalized spacial score (nSPS) is 15.4. The van der Waals surface area contributed by atoms with E-state index in [1.54, 1.807) is 0 Å². The van der Waals surface area contributed by atoms with Gasteiger partial charge >= 0.3 is 0 Å². The fourth-order valence-corrected chi connectivity index (χ4v) is 2.54. The summed E-state index contributed by atoms with van der Waals surface area (Å²) in [6.07, 6.45) is 6.60. The Bertz CT molecular complexity index is 150. The smallest absolute Gasteiger partial charge is 0.0235 e. The van der Waals surface area contributed by atoms with Gasteiger partial charge in [-0.3, -0.25) is 4.21 Å². The molecule has 0 aromatic carbocycles. The van der Waals surface area contributed by atoms with Crippen LogP contribution in [0.5, 0.6) is 0 Å². The van der Waals surface area contributed by atoms with Crippen molar-refractivity contribution in [3.8, 4) is 0 Å². The number of nitrogens with two attached hydrogens (primary N) is 1. The van der Waals surface area contributed by atoms with Gasteiger partial charge in [-0.1, -0.05) is 26.7 Å². The number of rotatable bonds is 9. The molecule has 0 spiro atoms. The number of hydrogen-bond donors (Lipinski definition) is 1. The lowest BCUT2D eigenvalue weighted by atomic mass is 10.1. The van der Waals surface area contributed by atoms with Crippen LogP contribution in [0.1, 0.15) is 52.4 Å². The van der Waals surface area contributed by atoms with Gasteiger partial charge in [0.2, 0.25) is 0 Å². The van der Waals surface area contributed by atoms with Gasteiger partial charge in [0.25, 0.3) is 0 Å². The molecule has 0 aromatic rings. The van der Waals surface area contributed by atoms with Gasteiger partial charge in [-0.2, -0.15) is 0 Å². The van der Waals surface area contributed by atoms with Crippen LogP contribution in [0.3, 0.4) is 0 Å². The first-order chi connectivity index (χ1) is 6.70. The van der Waals surface area contributed by atoms with Crippen molar-refractivity contribution in [2.24, 2.45) is 5.73 Å². The van der Waals surface area contributed by atoms with Crippen molar-refractivity contribution in [2.45, 2.75) is 58.4 Å². The van der Waals surface area contributed by atoms with Crippen molar-refractivity contribution >= 4 is 10.8 Å². The van der Waals surface area contributed by atoms with Crippen molar-refractivity contribution in [1.29, 1.82) is 0 Å². The summed E-state index contributed by atoms with van der Waals surface area (Å²) >= 11 is 0. The first-order valence-electron chi connectivity index (χ1n) is 5.81. The minimum absolute atomic E-state index is 0.308. The van der Waals surface area contributed by atoms with Crippen molar-refractivity contribution in [2.75, 3.05) is 11.5 Å². The maximum atomic E-state index is 11.5. The molecule has 14 heavy (non-hydrogen) atoms. The Balaban J connectivity index is 3.26. The Labute approximate surface area is 91.1 Å². The van der Waals surface area contributed by atoms with Crippen LogP contribution in [-0.2, 0) is 10.8 Å². The second kappa shape index (κ2) is 9.66. The molecule has 2 atom stereocenters. The summed E-state index contributed by atoms with van der Waals surface area (Å²) in [4.78, 5) is 0. The van der Waals surface area contributed by atoms with Gasteiger partial charge < -0.3 is 5.73 Å². The molecule has 2 N–H and O–H groups in total. The standard InChI is InChI=1S/C11H25NOS/c1-3-5-6-9-14(13)10-7-8-11(12)4-2/h11H,3-10,12H2,1-2H3. The molecule has 0 aromatic heterocycles. The van der Waals surface area contributed by atoms with Crippen molar-refractivity contribution in [3.63, 3.8) is 0 Å². The van der Waals surface area contributed by atoms with E-state index in [0.717, 1.165) is 37.2 Å². The van der Waals surface area contributed by atoms with E-state index in [1.165, 1.54) is 12.8 Å². The predicted octanol–water partition coefficient (Wildman–Crippen LogP) is 2.44. The molecule has 0 saturated heterocycles. The summed E-state index contributed by atoms with van der Waals surface area (Å²) in [7, 11) is -0.595. The van der Waals surface area contributed by atoms with Gasteiger partial charge in [-0.25, -0.2) is 0 Å². The van der Waals surface area contributed by atoms with Crippen LogP contribution in [0.4, 0.5) is 0 Å². The van der Waals surface area contributed by atoms with Gasteiger partial charge in [-0.05, 0) is 25.7 Å². The third-order valence-corrected chi connectivity index (χ3v) is 3.93. The lowest BCUT2D eigenvalue weighted by Gasteiger charge is -2.07. The van der Waals surface area contributed by atoms with Gasteiger partial charge in [0.1, 0.15) is 0 Å². The third-order valence-electron chi connectivity index (χ3n) is 2.45. The monoisotopic (exact) mass is 219 g/mol. The summed E-state index contributed by atoms with van der Waals surface area (Å²) in [5, 5.41) is 0. The van der Waals surface area contributed by atoms with Crippen LogP contribution in [0.25, 0.3) is 0 Å². The molecule has 2 nitrogen and oxygen atoms in total. The summed E-state index contributed by atoms with van der Waals surface area (Å²) in [6.45, 7) is 4.27. The Morgan fingerprint density at radius 2 is 1.79 bits per heavy atom. The molecule has 0 aliphatic heterocycles. The lowest BCUT2D eigenvalue weighted by molar-refractivity contribution is 0.585. The average Bonchev–Trinajstić information content (AvgIpc) is 2.18. The summed E-state index contributed by atoms with van der Waals surface area (Å²) < 4.78 is 11.5. The maximum absolute atomic E-state index is 11.5. The summed E-state index contributed by atoms with van der Waals surface area (Å²) in [6, 6.07) is 0.308. The number of hydrogen-bond acceptors (Lipinski definition) is 2. The molecule has 0 amide bonds. The van der Waals surface area contributed by atoms with E-state index in [0.29, 0.717) is 6.04 Å². The minimum Gasteiger partial charge on any atom is -0.328 e. The second-order valence-electron chi connectivity index (χ2n) is 3.87. The molecule has 0 heterocycles. The Hall–Kier alpha value is 0.110. The second-order valence-corrected chi connectivity index (χ2v) is 5.56. The molecular weight excluding hydrogens is 194 g/mol. The molecule has 0 radical (unpaired) electrons. The van der Waals surface area contributed by atoms with Crippen LogP contribution in [-0.4, -0.2) is 21.8 Å². The lowest BCUT2D eigenvalue weighted by Crippen LogP contribution is -2.19. The molecule has 0 aliphatic carbocycles. The molecule has 0 aliphatic rings. The minimum atomic E-state index is -0.595. The highest BCUT2D eigenvalue weighted by Crippen LogP contribution is 2.02. The largest absolute Gasteiger partial charge is 0.328 e. The fourth-order valence-electron chi connectivity index (χ4n) is 1.33. The van der Waals surface area contributed by atoms with Gasteiger partial charge in [0.15, 0.2) is 0 Å². The Morgan fingerprint density at radius 1 is 1.14 bits per heavy atom. The van der Waals surface area contributed by atoms with Crippen LogP contribution >= 0.6 is 0 Å². The predicted molar refractivity (Wildman–Crippen MR) is 64.9 cm³/mol. The molecule has 0 saturated carbocycles. The summed E-state index contributed by atoms with van der Waals surface area (Å²) in [5.41, 5.74) is 5.78. The van der Waals surface area contributed by atoms with Crippen LogP contribution < -0.4 is 5.73 Å². The van der Waals surface area contributed by atoms with Gasteiger partial charge in [0.05, 0.1) is 0 Å². The van der Waals surface area contributed by atoms with Crippen LogP contribution in [0, 0.1) is 0 Å². The highest BCUT2D eigenvalue weighted by Gasteiger charge is 2.02. The maximum Gasteiger partial charge on any atom is 0.0235 e. The molecule has 86 valence electrons. The van der Waals surface area contributed by atoms with Crippen LogP contribution in [0.2, 0.25) is 0 Å². The Kier molecular flexibility index (Phi) is 9.73. The fraction of sp³-hybridized carbons (Fsp3) is 1.00. The van der Waals surface area contributed by atoms with Crippen molar-refractivity contribution in [1.82, 2.24) is 0 Å². The van der Waals surface area contributed by atoms with E-state index in [9.17, 15) is 4.21 Å². The quantitative estimate of drug-likeness (QED) is 0.605. The van der Waals surface area contributed by atoms with Crippen molar-refractivity contribution < 1.29 is 4.21 Å². The van der Waals surface area contributed by atoms with E-state index in [-0.39, 0.29) is 0 Å². The molecule has 0 fully saturated rings. The highest BCUT2D eigenvalue weighted by atomic mass is 32.2. The summed E-state index contributed by atoms with van der Waals surface area (Å²) in [5.74, 6) is 1.73. The van der Waals surface area contributed by atoms with E-state index in [1.807, 2.05) is 0 Å². The van der Waals surface area contributed by atoms with E-state index in [2.05, 4.69) is 13.8 Å². The molecule has 0 bridgehead atoms. The SMILES string of the molecule is CCCCCS(=O)CCCC(N)CC. The average molecular weight is 219 g/mol. The van der Waals surface area contributed by atoms with Gasteiger partial charge in [-0.15, -0.1) is 0 Å². The van der Waals surface area contributed by atoms with Gasteiger partial charge in [0, 0.05) is 28.3 Å². The zero-order valence-corrected chi connectivity index (χ0v) is 10.4. The topological polar surface area (TPSA) is 43.1 Å². The van der Waals surface area contributed by atoms with E-state index < -0.39 is 10.8 Å². The van der Waals surface area contributed by atoms with E-state index in [4.69, 9.17) is 5.73 Å². The Morgan fingerprint density at radius 3 is 2.36 bits per heavy atom. The molecular formula is C11H25NOS. The first kappa shape index (κ1) is 14.1. The van der Waals surface area contributed by atoms with E-state index >= 15 is 0 Å². The first-order valence-corrected chi connectivity index (χ1v) is 7.30. The zero-order valence-electron chi connectivity index (χ0n) is 9.63. The van der Waals surface area contributed by atoms with Crippen LogP contribution in [0.15, 0.2) is 0 Å². The van der Waals surface area contributed by atoms with Crippen molar-refractivity contribution in [3.05, 3.63) is 0 Å². The molecule has 3 heteroatoms.